The molecule has 2 saturated heterocycles. The Labute approximate surface area is 164 Å². The van der Waals surface area contributed by atoms with E-state index in [1.807, 2.05) is 35.2 Å². The van der Waals surface area contributed by atoms with E-state index in [-0.39, 0.29) is 28.7 Å². The van der Waals surface area contributed by atoms with Crippen LogP contribution >= 0.6 is 27.7 Å². The van der Waals surface area contributed by atoms with Gasteiger partial charge in [-0.1, -0.05) is 52.0 Å². The van der Waals surface area contributed by atoms with Crippen LogP contribution in [0.2, 0.25) is 0 Å². The summed E-state index contributed by atoms with van der Waals surface area (Å²) in [5.41, 5.74) is 1.34. The van der Waals surface area contributed by atoms with Gasteiger partial charge in [0.05, 0.1) is 17.5 Å². The van der Waals surface area contributed by atoms with Crippen LogP contribution in [0.4, 0.5) is 5.69 Å². The average molecular weight is 451 g/mol. The molecular formula is C18H15BrN2O3S2. The monoisotopic (exact) mass is 450 g/mol. The fraction of sp³-hybridized carbons (Fsp3) is 0.222. The van der Waals surface area contributed by atoms with Gasteiger partial charge in [0.15, 0.2) is 15.0 Å². The molecule has 0 radical (unpaired) electrons. The van der Waals surface area contributed by atoms with Crippen LogP contribution in [-0.4, -0.2) is 42.3 Å². The van der Waals surface area contributed by atoms with Gasteiger partial charge in [-0.15, -0.1) is 0 Å². The highest BCUT2D eigenvalue weighted by Gasteiger charge is 2.49. The van der Waals surface area contributed by atoms with Crippen molar-refractivity contribution < 1.29 is 13.2 Å². The number of aliphatic imine (C=N–C) groups is 1. The first-order valence-corrected chi connectivity index (χ1v) is 11.5. The van der Waals surface area contributed by atoms with Gasteiger partial charge in [0, 0.05) is 21.0 Å². The van der Waals surface area contributed by atoms with Gasteiger partial charge >= 0.3 is 0 Å². The highest BCUT2D eigenvalue weighted by atomic mass is 79.9. The van der Waals surface area contributed by atoms with Crippen molar-refractivity contribution in [3.63, 3.8) is 0 Å². The average Bonchev–Trinajstić information content (AvgIpc) is 3.06. The summed E-state index contributed by atoms with van der Waals surface area (Å²) >= 11 is 4.83. The Bertz CT molecular complexity index is 993. The molecule has 2 aromatic carbocycles. The quantitative estimate of drug-likeness (QED) is 0.701. The van der Waals surface area contributed by atoms with E-state index in [0.29, 0.717) is 10.7 Å². The first kappa shape index (κ1) is 17.8. The number of hydrogen-bond donors (Lipinski definition) is 0. The van der Waals surface area contributed by atoms with Crippen LogP contribution in [0.25, 0.3) is 0 Å². The Morgan fingerprint density at radius 2 is 1.88 bits per heavy atom. The van der Waals surface area contributed by atoms with E-state index in [2.05, 4.69) is 20.9 Å². The second-order valence-electron chi connectivity index (χ2n) is 6.22. The zero-order chi connectivity index (χ0) is 18.3. The van der Waals surface area contributed by atoms with Crippen molar-refractivity contribution in [2.75, 3.05) is 16.4 Å². The molecule has 0 aliphatic carbocycles. The SMILES string of the molecule is O=C(N=C1SC2CS(=O)(=O)CC2N1c1cccc(Br)c1)c1ccccc1. The van der Waals surface area contributed by atoms with E-state index in [4.69, 9.17) is 0 Å². The van der Waals surface area contributed by atoms with Gasteiger partial charge in [-0.25, -0.2) is 8.42 Å². The lowest BCUT2D eigenvalue weighted by atomic mass is 10.2. The molecular weight excluding hydrogens is 436 g/mol. The smallest absolute Gasteiger partial charge is 0.279 e. The summed E-state index contributed by atoms with van der Waals surface area (Å²) in [7, 11) is -3.07. The first-order valence-electron chi connectivity index (χ1n) is 8.03. The number of amidine groups is 1. The van der Waals surface area contributed by atoms with Crippen molar-refractivity contribution in [3.8, 4) is 0 Å². The summed E-state index contributed by atoms with van der Waals surface area (Å²) in [5.74, 6) is -0.128. The second-order valence-corrected chi connectivity index (χ2v) is 10.5. The molecule has 1 amide bonds. The summed E-state index contributed by atoms with van der Waals surface area (Å²) < 4.78 is 25.1. The lowest BCUT2D eigenvalue weighted by Gasteiger charge is -2.24. The molecule has 0 saturated carbocycles. The molecule has 0 N–H and O–H groups in total. The van der Waals surface area contributed by atoms with Crippen LogP contribution in [0, 0.1) is 0 Å². The number of rotatable bonds is 2. The molecule has 2 fully saturated rings. The molecule has 0 aromatic heterocycles. The third-order valence-corrected chi connectivity index (χ3v) is 8.07. The first-order chi connectivity index (χ1) is 12.4. The maximum absolute atomic E-state index is 12.5. The van der Waals surface area contributed by atoms with Crippen molar-refractivity contribution in [3.05, 3.63) is 64.6 Å². The third-order valence-electron chi connectivity index (χ3n) is 4.37. The van der Waals surface area contributed by atoms with Crippen molar-refractivity contribution >= 4 is 54.3 Å². The maximum Gasteiger partial charge on any atom is 0.279 e. The van der Waals surface area contributed by atoms with Crippen LogP contribution in [-0.2, 0) is 9.84 Å². The van der Waals surface area contributed by atoms with E-state index >= 15 is 0 Å². The molecule has 2 atom stereocenters. The minimum Gasteiger partial charge on any atom is -0.316 e. The molecule has 2 aromatic rings. The normalized spacial score (nSPS) is 25.4. The summed E-state index contributed by atoms with van der Waals surface area (Å²) in [6.45, 7) is 0. The van der Waals surface area contributed by atoms with Gasteiger partial charge in [-0.05, 0) is 30.3 Å². The Balaban J connectivity index is 1.74. The van der Waals surface area contributed by atoms with Gasteiger partial charge in [-0.2, -0.15) is 4.99 Å². The molecule has 2 aliphatic heterocycles. The molecule has 26 heavy (non-hydrogen) atoms. The summed E-state index contributed by atoms with van der Waals surface area (Å²) in [6.07, 6.45) is 0. The third kappa shape index (κ3) is 3.45. The van der Waals surface area contributed by atoms with E-state index in [9.17, 15) is 13.2 Å². The van der Waals surface area contributed by atoms with E-state index in [0.717, 1.165) is 10.2 Å². The predicted octanol–water partition coefficient (Wildman–Crippen LogP) is 3.36. The second kappa shape index (κ2) is 6.83. The molecule has 5 nitrogen and oxygen atoms in total. The molecule has 8 heteroatoms. The Morgan fingerprint density at radius 3 is 2.62 bits per heavy atom. The van der Waals surface area contributed by atoms with Crippen molar-refractivity contribution in [2.45, 2.75) is 11.3 Å². The van der Waals surface area contributed by atoms with Crippen LogP contribution in [0.3, 0.4) is 0 Å². The molecule has 0 bridgehead atoms. The highest BCUT2D eigenvalue weighted by Crippen LogP contribution is 2.41. The van der Waals surface area contributed by atoms with Crippen LogP contribution < -0.4 is 4.90 Å². The van der Waals surface area contributed by atoms with Crippen molar-refractivity contribution in [1.82, 2.24) is 0 Å². The Hall–Kier alpha value is -1.64. The number of halogens is 1. The topological polar surface area (TPSA) is 66.8 Å². The molecule has 2 heterocycles. The zero-order valence-electron chi connectivity index (χ0n) is 13.6. The fourth-order valence-corrected chi connectivity index (χ4v) is 7.52. The Kier molecular flexibility index (Phi) is 4.66. The van der Waals surface area contributed by atoms with Crippen LogP contribution in [0.15, 0.2) is 64.1 Å². The molecule has 2 unspecified atom stereocenters. The largest absolute Gasteiger partial charge is 0.316 e. The van der Waals surface area contributed by atoms with Gasteiger partial charge in [0.1, 0.15) is 0 Å². The minimum atomic E-state index is -3.07. The number of sulfone groups is 1. The number of thioether (sulfide) groups is 1. The standard InChI is InChI=1S/C18H15BrN2O3S2/c19-13-7-4-8-14(9-13)21-15-10-26(23,24)11-16(15)25-18(21)20-17(22)12-5-2-1-3-6-12/h1-9,15-16H,10-11H2. The minimum absolute atomic E-state index is 0.0791. The number of carbonyl (C=O) groups is 1. The summed E-state index contributed by atoms with van der Waals surface area (Å²) in [6, 6.07) is 16.3. The Morgan fingerprint density at radius 1 is 1.12 bits per heavy atom. The van der Waals surface area contributed by atoms with Gasteiger partial charge in [0.2, 0.25) is 0 Å². The lowest BCUT2D eigenvalue weighted by Crippen LogP contribution is -2.37. The van der Waals surface area contributed by atoms with Crippen LogP contribution in [0.1, 0.15) is 10.4 Å². The summed E-state index contributed by atoms with van der Waals surface area (Å²) in [5, 5.41) is 0.447. The van der Waals surface area contributed by atoms with Crippen LogP contribution in [0.5, 0.6) is 0 Å². The van der Waals surface area contributed by atoms with Gasteiger partial charge < -0.3 is 4.90 Å². The molecule has 134 valence electrons. The van der Waals surface area contributed by atoms with E-state index < -0.39 is 9.84 Å². The van der Waals surface area contributed by atoms with E-state index in [1.165, 1.54) is 11.8 Å². The summed E-state index contributed by atoms with van der Waals surface area (Å²) in [4.78, 5) is 18.8. The maximum atomic E-state index is 12.5. The number of carbonyl (C=O) groups excluding carboxylic acids is 1. The van der Waals surface area contributed by atoms with E-state index in [1.54, 1.807) is 24.3 Å². The lowest BCUT2D eigenvalue weighted by molar-refractivity contribution is 0.100. The zero-order valence-corrected chi connectivity index (χ0v) is 16.8. The fourth-order valence-electron chi connectivity index (χ4n) is 3.22. The van der Waals surface area contributed by atoms with Crippen molar-refractivity contribution in [1.29, 1.82) is 0 Å². The van der Waals surface area contributed by atoms with Gasteiger partial charge in [-0.3, -0.25) is 4.79 Å². The number of amides is 1. The predicted molar refractivity (Wildman–Crippen MR) is 109 cm³/mol. The molecule has 4 rings (SSSR count). The number of nitrogens with zero attached hydrogens (tertiary/aromatic N) is 2. The molecule has 0 spiro atoms. The van der Waals surface area contributed by atoms with Gasteiger partial charge in [0.25, 0.3) is 5.91 Å². The number of fused-ring (bicyclic) bond motifs is 1. The number of anilines is 1. The number of hydrogen-bond acceptors (Lipinski definition) is 4. The molecule has 2 aliphatic rings. The highest BCUT2D eigenvalue weighted by molar-refractivity contribution is 9.10. The number of benzene rings is 2. The van der Waals surface area contributed by atoms with Crippen molar-refractivity contribution in [2.24, 2.45) is 4.99 Å².